The van der Waals surface area contributed by atoms with Crippen LogP contribution in [0.1, 0.15) is 43.7 Å². The Morgan fingerprint density at radius 3 is 2.29 bits per heavy atom. The molecule has 1 saturated carbocycles. The molecule has 0 spiro atoms. The lowest BCUT2D eigenvalue weighted by atomic mass is 9.90. The van der Waals surface area contributed by atoms with Crippen molar-refractivity contribution in [3.05, 3.63) is 97.1 Å². The molecular weight excluding hydrogens is 436 g/mol. The van der Waals surface area contributed by atoms with E-state index in [1.54, 1.807) is 0 Å². The molecule has 2 fully saturated rings. The van der Waals surface area contributed by atoms with Crippen LogP contribution in [0.15, 0.2) is 96.5 Å². The molecule has 3 nitrogen and oxygen atoms in total. The lowest BCUT2D eigenvalue weighted by Gasteiger charge is -2.39. The average molecular weight is 475 g/mol. The van der Waals surface area contributed by atoms with Gasteiger partial charge in [0.15, 0.2) is 0 Å². The summed E-state index contributed by atoms with van der Waals surface area (Å²) >= 11 is 1.85. The van der Waals surface area contributed by atoms with Crippen molar-refractivity contribution in [2.24, 2.45) is 5.92 Å². The van der Waals surface area contributed by atoms with Gasteiger partial charge in [0, 0.05) is 31.1 Å². The van der Waals surface area contributed by atoms with Crippen LogP contribution >= 0.6 is 11.9 Å². The zero-order valence-electron chi connectivity index (χ0n) is 20.3. The van der Waals surface area contributed by atoms with E-state index in [2.05, 4.69) is 83.0 Å². The third kappa shape index (κ3) is 6.88. The van der Waals surface area contributed by atoms with E-state index in [-0.39, 0.29) is 6.04 Å². The van der Waals surface area contributed by atoms with Crippen LogP contribution in [0, 0.1) is 5.92 Å². The summed E-state index contributed by atoms with van der Waals surface area (Å²) in [7, 11) is 0. The van der Waals surface area contributed by atoms with Crippen molar-refractivity contribution in [1.29, 1.82) is 0 Å². The number of nitrogens with zero attached hydrogens (tertiary/aromatic N) is 2. The predicted octanol–water partition coefficient (Wildman–Crippen LogP) is 7.31. The standard InChI is InChI=1S/C30H38N2OS/c1-3-11-26(4-2)30(27-14-9-6-10-15-27)31-20-22-32(23-21-31)34-29-18-16-28(17-19-29)33-24-25-12-7-5-8-13-25/h3-4,6,9-11,14-19,25,30H,1-2,5,7-8,12-13,20-24H2/b26-11+. The second-order valence-corrected chi connectivity index (χ2v) is 10.4. The van der Waals surface area contributed by atoms with Gasteiger partial charge in [-0.15, -0.1) is 0 Å². The fraction of sp³-hybridized carbons (Fsp3) is 0.400. The molecule has 0 bridgehead atoms. The Balaban J connectivity index is 1.30. The smallest absolute Gasteiger partial charge is 0.119 e. The van der Waals surface area contributed by atoms with Gasteiger partial charge in [0.1, 0.15) is 5.75 Å². The molecule has 2 aromatic rings. The number of piperazine rings is 1. The van der Waals surface area contributed by atoms with E-state index in [1.807, 2.05) is 24.1 Å². The van der Waals surface area contributed by atoms with Crippen molar-refractivity contribution in [2.75, 3.05) is 32.8 Å². The molecule has 0 N–H and O–H groups in total. The molecule has 1 aliphatic carbocycles. The van der Waals surface area contributed by atoms with E-state index in [0.29, 0.717) is 0 Å². The Morgan fingerprint density at radius 2 is 1.65 bits per heavy atom. The summed E-state index contributed by atoms with van der Waals surface area (Å²) in [5.41, 5.74) is 2.51. The number of benzene rings is 2. The molecule has 180 valence electrons. The highest BCUT2D eigenvalue weighted by Gasteiger charge is 2.27. The first-order chi connectivity index (χ1) is 16.8. The second kappa shape index (κ2) is 13.0. The predicted molar refractivity (Wildman–Crippen MR) is 145 cm³/mol. The largest absolute Gasteiger partial charge is 0.493 e. The van der Waals surface area contributed by atoms with Crippen LogP contribution in [0.3, 0.4) is 0 Å². The molecule has 2 aliphatic rings. The van der Waals surface area contributed by atoms with Crippen LogP contribution in [0.2, 0.25) is 0 Å². The van der Waals surface area contributed by atoms with E-state index >= 15 is 0 Å². The van der Waals surface area contributed by atoms with Crippen LogP contribution in [-0.2, 0) is 0 Å². The average Bonchev–Trinajstić information content (AvgIpc) is 2.90. The minimum Gasteiger partial charge on any atom is -0.493 e. The maximum Gasteiger partial charge on any atom is 0.119 e. The third-order valence-corrected chi connectivity index (χ3v) is 7.99. The van der Waals surface area contributed by atoms with Crippen LogP contribution in [-0.4, -0.2) is 42.0 Å². The van der Waals surface area contributed by atoms with Crippen molar-refractivity contribution in [3.63, 3.8) is 0 Å². The van der Waals surface area contributed by atoms with E-state index in [9.17, 15) is 0 Å². The minimum atomic E-state index is 0.212. The summed E-state index contributed by atoms with van der Waals surface area (Å²) in [5, 5.41) is 0. The third-order valence-electron chi connectivity index (χ3n) is 6.88. The lowest BCUT2D eigenvalue weighted by molar-refractivity contribution is 0.161. The van der Waals surface area contributed by atoms with E-state index < -0.39 is 0 Å². The molecule has 4 heteroatoms. The molecule has 0 amide bonds. The van der Waals surface area contributed by atoms with E-state index in [1.165, 1.54) is 48.1 Å². The molecule has 0 aromatic heterocycles. The molecule has 1 atom stereocenters. The molecule has 1 heterocycles. The Kier molecular flexibility index (Phi) is 9.49. The Labute approximate surface area is 210 Å². The first-order valence-corrected chi connectivity index (χ1v) is 13.4. The van der Waals surface area contributed by atoms with Gasteiger partial charge in [0.2, 0.25) is 0 Å². The molecule has 0 radical (unpaired) electrons. The van der Waals surface area contributed by atoms with Crippen LogP contribution in [0.25, 0.3) is 0 Å². The van der Waals surface area contributed by atoms with Gasteiger partial charge in [0.05, 0.1) is 12.6 Å². The first-order valence-electron chi connectivity index (χ1n) is 12.7. The summed E-state index contributed by atoms with van der Waals surface area (Å²) in [5.74, 6) is 1.73. The quantitative estimate of drug-likeness (QED) is 0.265. The maximum atomic E-state index is 6.08. The molecule has 1 aliphatic heterocycles. The van der Waals surface area contributed by atoms with Gasteiger partial charge in [-0.05, 0) is 66.1 Å². The molecule has 1 saturated heterocycles. The van der Waals surface area contributed by atoms with Gasteiger partial charge in [0.25, 0.3) is 0 Å². The summed E-state index contributed by atoms with van der Waals surface area (Å²) in [4.78, 5) is 3.84. The van der Waals surface area contributed by atoms with Crippen molar-refractivity contribution in [1.82, 2.24) is 9.21 Å². The van der Waals surface area contributed by atoms with E-state index in [0.717, 1.165) is 44.5 Å². The van der Waals surface area contributed by atoms with Crippen LogP contribution in [0.4, 0.5) is 0 Å². The molecule has 34 heavy (non-hydrogen) atoms. The van der Waals surface area contributed by atoms with Crippen molar-refractivity contribution in [3.8, 4) is 5.75 Å². The highest BCUT2D eigenvalue weighted by atomic mass is 32.2. The fourth-order valence-corrected chi connectivity index (χ4v) is 5.92. The van der Waals surface area contributed by atoms with Gasteiger partial charge < -0.3 is 4.74 Å². The molecule has 4 rings (SSSR count). The summed E-state index contributed by atoms with van der Waals surface area (Å²) in [6.45, 7) is 12.9. The highest BCUT2D eigenvalue weighted by molar-refractivity contribution is 7.97. The van der Waals surface area contributed by atoms with Crippen LogP contribution in [0.5, 0.6) is 5.75 Å². The van der Waals surface area contributed by atoms with Gasteiger partial charge in [-0.25, -0.2) is 4.31 Å². The number of hydrogen-bond donors (Lipinski definition) is 0. The minimum absolute atomic E-state index is 0.212. The topological polar surface area (TPSA) is 15.7 Å². The number of allylic oxidation sites excluding steroid dienone is 2. The normalized spacial score (nSPS) is 19.5. The second-order valence-electron chi connectivity index (χ2n) is 9.26. The fourth-order valence-electron chi connectivity index (χ4n) is 5.02. The lowest BCUT2D eigenvalue weighted by Crippen LogP contribution is -2.45. The Bertz CT molecular complexity index is 926. The summed E-state index contributed by atoms with van der Waals surface area (Å²) in [6.07, 6.45) is 12.7. The highest BCUT2D eigenvalue weighted by Crippen LogP contribution is 2.33. The zero-order chi connectivity index (χ0) is 23.6. The summed E-state index contributed by atoms with van der Waals surface area (Å²) < 4.78 is 8.55. The van der Waals surface area contributed by atoms with Crippen molar-refractivity contribution < 1.29 is 4.74 Å². The monoisotopic (exact) mass is 474 g/mol. The number of rotatable bonds is 10. The van der Waals surface area contributed by atoms with Gasteiger partial charge >= 0.3 is 0 Å². The summed E-state index contributed by atoms with van der Waals surface area (Å²) in [6, 6.07) is 19.6. The zero-order valence-corrected chi connectivity index (χ0v) is 21.1. The maximum absolute atomic E-state index is 6.08. The van der Waals surface area contributed by atoms with E-state index in [4.69, 9.17) is 4.74 Å². The van der Waals surface area contributed by atoms with Gasteiger partial charge in [-0.1, -0.05) is 81.0 Å². The number of ether oxygens (including phenoxy) is 1. The van der Waals surface area contributed by atoms with Gasteiger partial charge in [-0.2, -0.15) is 0 Å². The first kappa shape index (κ1) is 24.8. The SMILES string of the molecule is C=C/C=C(\C=C)C(c1ccccc1)N1CCN(Sc2ccc(OCC3CCCCC3)cc2)CC1. The molecule has 2 aromatic carbocycles. The molecule has 1 unspecified atom stereocenters. The van der Waals surface area contributed by atoms with Gasteiger partial charge in [-0.3, -0.25) is 4.90 Å². The van der Waals surface area contributed by atoms with Crippen molar-refractivity contribution >= 4 is 11.9 Å². The Morgan fingerprint density at radius 1 is 0.941 bits per heavy atom. The molecular formula is C30H38N2OS. The van der Waals surface area contributed by atoms with Crippen molar-refractivity contribution in [2.45, 2.75) is 43.0 Å². The number of hydrogen-bond acceptors (Lipinski definition) is 4. The van der Waals surface area contributed by atoms with Crippen LogP contribution < -0.4 is 4.74 Å². The Hall–Kier alpha value is -2.27.